The summed E-state index contributed by atoms with van der Waals surface area (Å²) in [6.07, 6.45) is 1.37. The first-order valence-corrected chi connectivity index (χ1v) is 10.1. The quantitative estimate of drug-likeness (QED) is 0.418. The van der Waals surface area contributed by atoms with Gasteiger partial charge >= 0.3 is 5.97 Å². The van der Waals surface area contributed by atoms with Crippen molar-refractivity contribution >= 4 is 38.6 Å². The average molecular weight is 453 g/mol. The van der Waals surface area contributed by atoms with Crippen molar-refractivity contribution in [3.8, 4) is 23.0 Å². The zero-order valence-corrected chi connectivity index (χ0v) is 17.7. The normalized spacial score (nSPS) is 10.6. The SMILES string of the molecule is COc1ccnc(C(=O)Nc2nc3ccc(Oc4ccc(F)cc4)cc3s2)c1OC(C)=O. The maximum Gasteiger partial charge on any atom is 0.308 e. The molecular formula is C22H16FN3O5S. The maximum absolute atomic E-state index is 13.1. The minimum absolute atomic E-state index is 0.0731. The Labute approximate surface area is 185 Å². The van der Waals surface area contributed by atoms with Gasteiger partial charge in [0.05, 0.1) is 17.3 Å². The van der Waals surface area contributed by atoms with Crippen molar-refractivity contribution in [2.45, 2.75) is 6.92 Å². The van der Waals surface area contributed by atoms with Crippen LogP contribution < -0.4 is 19.5 Å². The molecule has 2 aromatic carbocycles. The lowest BCUT2D eigenvalue weighted by atomic mass is 10.3. The van der Waals surface area contributed by atoms with Crippen LogP contribution in [-0.4, -0.2) is 29.0 Å². The van der Waals surface area contributed by atoms with Crippen molar-refractivity contribution < 1.29 is 28.2 Å². The standard InChI is InChI=1S/C22H16FN3O5S/c1-12(27)30-20-17(29-2)9-10-24-19(20)21(28)26-22-25-16-8-7-15(11-18(16)32-22)31-14-5-3-13(23)4-6-14/h3-11H,1-2H3,(H,25,26,28). The number of anilines is 1. The van der Waals surface area contributed by atoms with Gasteiger partial charge in [-0.1, -0.05) is 11.3 Å². The van der Waals surface area contributed by atoms with Crippen LogP contribution in [0.15, 0.2) is 54.7 Å². The molecule has 1 N–H and O–H groups in total. The molecule has 0 unspecified atom stereocenters. The molecule has 4 aromatic rings. The predicted octanol–water partition coefficient (Wildman–Crippen LogP) is 4.81. The lowest BCUT2D eigenvalue weighted by Gasteiger charge is -2.11. The third-order valence-electron chi connectivity index (χ3n) is 4.18. The predicted molar refractivity (Wildman–Crippen MR) is 116 cm³/mol. The summed E-state index contributed by atoms with van der Waals surface area (Å²) in [7, 11) is 1.39. The summed E-state index contributed by atoms with van der Waals surface area (Å²) in [5, 5.41) is 2.99. The van der Waals surface area contributed by atoms with Crippen LogP contribution >= 0.6 is 11.3 Å². The summed E-state index contributed by atoms with van der Waals surface area (Å²) in [6, 6.07) is 12.4. The van der Waals surface area contributed by atoms with Crippen molar-refractivity contribution in [2.75, 3.05) is 12.4 Å². The van der Waals surface area contributed by atoms with E-state index in [1.807, 2.05) is 0 Å². The van der Waals surface area contributed by atoms with Crippen LogP contribution in [0.25, 0.3) is 10.2 Å². The number of rotatable bonds is 6. The minimum Gasteiger partial charge on any atom is -0.493 e. The molecule has 0 aliphatic rings. The number of nitrogens with zero attached hydrogens (tertiary/aromatic N) is 2. The number of amides is 1. The number of pyridine rings is 1. The lowest BCUT2D eigenvalue weighted by Crippen LogP contribution is -2.17. The molecule has 0 bridgehead atoms. The van der Waals surface area contributed by atoms with Crippen molar-refractivity contribution in [3.05, 3.63) is 66.2 Å². The monoisotopic (exact) mass is 453 g/mol. The van der Waals surface area contributed by atoms with Gasteiger partial charge < -0.3 is 14.2 Å². The Hall–Kier alpha value is -4.05. The number of ether oxygens (including phenoxy) is 3. The van der Waals surface area contributed by atoms with E-state index in [2.05, 4.69) is 15.3 Å². The molecule has 10 heteroatoms. The number of hydrogen-bond acceptors (Lipinski definition) is 8. The second-order valence-electron chi connectivity index (χ2n) is 6.44. The maximum atomic E-state index is 13.1. The molecule has 0 fully saturated rings. The molecule has 2 heterocycles. The van der Waals surface area contributed by atoms with Gasteiger partial charge in [0, 0.05) is 25.3 Å². The third-order valence-corrected chi connectivity index (χ3v) is 5.11. The Balaban J connectivity index is 1.56. The number of nitrogens with one attached hydrogen (secondary N) is 1. The van der Waals surface area contributed by atoms with E-state index in [0.717, 1.165) is 4.70 Å². The molecule has 0 aliphatic carbocycles. The summed E-state index contributed by atoms with van der Waals surface area (Å²) >= 11 is 1.23. The molecule has 0 atom stereocenters. The number of methoxy groups -OCH3 is 1. The molecule has 0 spiro atoms. The highest BCUT2D eigenvalue weighted by Crippen LogP contribution is 2.33. The molecule has 162 valence electrons. The average Bonchev–Trinajstić information content (AvgIpc) is 3.16. The minimum atomic E-state index is -0.612. The first-order valence-electron chi connectivity index (χ1n) is 9.29. The van der Waals surface area contributed by atoms with Crippen LogP contribution in [-0.2, 0) is 4.79 Å². The molecule has 0 saturated carbocycles. The molecule has 1 amide bonds. The summed E-state index contributed by atoms with van der Waals surface area (Å²) < 4.78 is 29.8. The van der Waals surface area contributed by atoms with E-state index in [4.69, 9.17) is 14.2 Å². The zero-order valence-electron chi connectivity index (χ0n) is 16.9. The Kier molecular flexibility index (Phi) is 5.95. The molecule has 4 rings (SSSR count). The summed E-state index contributed by atoms with van der Waals surface area (Å²) in [5.41, 5.74) is 0.537. The number of benzene rings is 2. The number of halogens is 1. The number of carbonyl (C=O) groups is 2. The first kappa shape index (κ1) is 21.2. The van der Waals surface area contributed by atoms with Crippen molar-refractivity contribution in [2.24, 2.45) is 0 Å². The molecule has 0 aliphatic heterocycles. The van der Waals surface area contributed by atoms with Gasteiger partial charge in [-0.15, -0.1) is 0 Å². The Morgan fingerprint density at radius 1 is 1.06 bits per heavy atom. The molecular weight excluding hydrogens is 437 g/mol. The molecule has 32 heavy (non-hydrogen) atoms. The summed E-state index contributed by atoms with van der Waals surface area (Å²) in [5.74, 6) is -0.412. The topological polar surface area (TPSA) is 99.6 Å². The number of esters is 1. The fourth-order valence-electron chi connectivity index (χ4n) is 2.81. The molecule has 0 saturated heterocycles. The van der Waals surface area contributed by atoms with Gasteiger partial charge in [0.1, 0.15) is 17.3 Å². The number of fused-ring (bicyclic) bond motifs is 1. The number of aromatic nitrogens is 2. The van der Waals surface area contributed by atoms with Gasteiger partial charge in [0.2, 0.25) is 5.75 Å². The van der Waals surface area contributed by atoms with E-state index in [-0.39, 0.29) is 23.0 Å². The van der Waals surface area contributed by atoms with Crippen LogP contribution in [0, 0.1) is 5.82 Å². The van der Waals surface area contributed by atoms with Gasteiger partial charge in [0.15, 0.2) is 16.6 Å². The fourth-order valence-corrected chi connectivity index (χ4v) is 3.70. The Morgan fingerprint density at radius 2 is 1.81 bits per heavy atom. The van der Waals surface area contributed by atoms with Crippen molar-refractivity contribution in [3.63, 3.8) is 0 Å². The molecule has 8 nitrogen and oxygen atoms in total. The van der Waals surface area contributed by atoms with E-state index in [1.165, 1.54) is 61.9 Å². The van der Waals surface area contributed by atoms with Crippen LogP contribution in [0.4, 0.5) is 9.52 Å². The highest BCUT2D eigenvalue weighted by Gasteiger charge is 2.21. The van der Waals surface area contributed by atoms with Crippen LogP contribution in [0.1, 0.15) is 17.4 Å². The number of carbonyl (C=O) groups excluding carboxylic acids is 2. The zero-order chi connectivity index (χ0) is 22.7. The highest BCUT2D eigenvalue weighted by molar-refractivity contribution is 7.22. The van der Waals surface area contributed by atoms with Crippen molar-refractivity contribution in [1.29, 1.82) is 0 Å². The third kappa shape index (κ3) is 4.65. The van der Waals surface area contributed by atoms with E-state index in [1.54, 1.807) is 18.2 Å². The Morgan fingerprint density at radius 3 is 2.53 bits per heavy atom. The van der Waals surface area contributed by atoms with Crippen LogP contribution in [0.5, 0.6) is 23.0 Å². The summed E-state index contributed by atoms with van der Waals surface area (Å²) in [4.78, 5) is 32.6. The van der Waals surface area contributed by atoms with Gasteiger partial charge in [-0.25, -0.2) is 14.4 Å². The lowest BCUT2D eigenvalue weighted by molar-refractivity contribution is -0.132. The largest absolute Gasteiger partial charge is 0.493 e. The smallest absolute Gasteiger partial charge is 0.308 e. The highest BCUT2D eigenvalue weighted by atomic mass is 32.1. The van der Waals surface area contributed by atoms with E-state index in [9.17, 15) is 14.0 Å². The van der Waals surface area contributed by atoms with Gasteiger partial charge in [-0.2, -0.15) is 0 Å². The van der Waals surface area contributed by atoms with Gasteiger partial charge in [-0.05, 0) is 36.4 Å². The van der Waals surface area contributed by atoms with Crippen LogP contribution in [0.3, 0.4) is 0 Å². The van der Waals surface area contributed by atoms with Crippen LogP contribution in [0.2, 0.25) is 0 Å². The van der Waals surface area contributed by atoms with Gasteiger partial charge in [-0.3, -0.25) is 14.9 Å². The fraction of sp³-hybridized carbons (Fsp3) is 0.0909. The van der Waals surface area contributed by atoms with Crippen molar-refractivity contribution in [1.82, 2.24) is 9.97 Å². The molecule has 0 radical (unpaired) electrons. The van der Waals surface area contributed by atoms with E-state index >= 15 is 0 Å². The first-order chi connectivity index (χ1) is 15.4. The number of thiazole rings is 1. The van der Waals surface area contributed by atoms with Gasteiger partial charge in [0.25, 0.3) is 5.91 Å². The second-order valence-corrected chi connectivity index (χ2v) is 7.47. The molecule has 2 aromatic heterocycles. The second kappa shape index (κ2) is 8.98. The van der Waals surface area contributed by atoms with E-state index < -0.39 is 11.9 Å². The van der Waals surface area contributed by atoms with E-state index in [0.29, 0.717) is 22.1 Å². The summed E-state index contributed by atoms with van der Waals surface area (Å²) in [6.45, 7) is 1.22. The number of hydrogen-bond donors (Lipinski definition) is 1. The Bertz CT molecular complexity index is 1310.